The molecule has 5 nitrogen and oxygen atoms in total. The molecule has 2 amide bonds. The molecule has 0 saturated heterocycles. The van der Waals surface area contributed by atoms with E-state index in [2.05, 4.69) is 10.6 Å². The van der Waals surface area contributed by atoms with Crippen LogP contribution in [0.1, 0.15) is 25.8 Å². The van der Waals surface area contributed by atoms with Gasteiger partial charge in [-0.15, -0.1) is 0 Å². The predicted molar refractivity (Wildman–Crippen MR) is 74.3 cm³/mol. The maximum absolute atomic E-state index is 11.6. The van der Waals surface area contributed by atoms with Crippen LogP contribution in [0.5, 0.6) is 0 Å². The van der Waals surface area contributed by atoms with Crippen molar-refractivity contribution < 1.29 is 14.7 Å². The SMILES string of the molecule is CCc1cccc(NC(=O)NCCC(C)C(=O)O)c1. The number of amides is 2. The van der Waals surface area contributed by atoms with Gasteiger partial charge in [-0.1, -0.05) is 26.0 Å². The minimum Gasteiger partial charge on any atom is -0.481 e. The van der Waals surface area contributed by atoms with Gasteiger partial charge in [0.15, 0.2) is 0 Å². The lowest BCUT2D eigenvalue weighted by molar-refractivity contribution is -0.141. The summed E-state index contributed by atoms with van der Waals surface area (Å²) in [5, 5.41) is 14.1. The van der Waals surface area contributed by atoms with E-state index in [0.717, 1.165) is 17.7 Å². The van der Waals surface area contributed by atoms with Crippen molar-refractivity contribution in [2.75, 3.05) is 11.9 Å². The van der Waals surface area contributed by atoms with Crippen LogP contribution in [0.15, 0.2) is 24.3 Å². The number of carbonyl (C=O) groups excluding carboxylic acids is 1. The summed E-state index contributed by atoms with van der Waals surface area (Å²) in [6.45, 7) is 4.01. The average Bonchev–Trinajstić information content (AvgIpc) is 2.38. The lowest BCUT2D eigenvalue weighted by Crippen LogP contribution is -2.31. The van der Waals surface area contributed by atoms with E-state index >= 15 is 0 Å². The van der Waals surface area contributed by atoms with Crippen molar-refractivity contribution in [2.45, 2.75) is 26.7 Å². The average molecular weight is 264 g/mol. The van der Waals surface area contributed by atoms with E-state index in [0.29, 0.717) is 13.0 Å². The molecule has 0 aliphatic carbocycles. The van der Waals surface area contributed by atoms with Crippen LogP contribution in [0.4, 0.5) is 10.5 Å². The van der Waals surface area contributed by atoms with Crippen LogP contribution in [0.2, 0.25) is 0 Å². The minimum absolute atomic E-state index is 0.314. The summed E-state index contributed by atoms with van der Waals surface area (Å²) in [4.78, 5) is 22.2. The molecule has 1 unspecified atom stereocenters. The maximum atomic E-state index is 11.6. The quantitative estimate of drug-likeness (QED) is 0.738. The second-order valence-corrected chi connectivity index (χ2v) is 4.46. The van der Waals surface area contributed by atoms with E-state index in [4.69, 9.17) is 5.11 Å². The van der Waals surface area contributed by atoms with Gasteiger partial charge in [0.2, 0.25) is 0 Å². The third-order valence-corrected chi connectivity index (χ3v) is 2.88. The number of aliphatic carboxylic acids is 1. The van der Waals surface area contributed by atoms with E-state index in [1.807, 2.05) is 31.2 Å². The Kier molecular flexibility index (Phi) is 5.85. The van der Waals surface area contributed by atoms with Crippen LogP contribution in [0.25, 0.3) is 0 Å². The molecule has 104 valence electrons. The third kappa shape index (κ3) is 5.42. The molecule has 0 radical (unpaired) electrons. The Balaban J connectivity index is 2.36. The number of hydrogen-bond donors (Lipinski definition) is 3. The van der Waals surface area contributed by atoms with Crippen LogP contribution < -0.4 is 10.6 Å². The molecule has 1 atom stereocenters. The summed E-state index contributed by atoms with van der Waals surface area (Å²) in [5.74, 6) is -1.30. The highest BCUT2D eigenvalue weighted by Crippen LogP contribution is 2.10. The van der Waals surface area contributed by atoms with Gasteiger partial charge in [-0.2, -0.15) is 0 Å². The first-order valence-corrected chi connectivity index (χ1v) is 6.39. The first kappa shape index (κ1) is 15.0. The van der Waals surface area contributed by atoms with Gasteiger partial charge in [0.05, 0.1) is 5.92 Å². The zero-order valence-corrected chi connectivity index (χ0v) is 11.3. The Morgan fingerprint density at radius 3 is 2.74 bits per heavy atom. The molecule has 19 heavy (non-hydrogen) atoms. The number of carboxylic acid groups (broad SMARTS) is 1. The third-order valence-electron chi connectivity index (χ3n) is 2.88. The molecule has 1 aromatic rings. The molecular formula is C14H20N2O3. The second kappa shape index (κ2) is 7.41. The predicted octanol–water partition coefficient (Wildman–Crippen LogP) is 2.48. The standard InChI is InChI=1S/C14H20N2O3/c1-3-11-5-4-6-12(9-11)16-14(19)15-8-7-10(2)13(17)18/h4-6,9-10H,3,7-8H2,1-2H3,(H,17,18)(H2,15,16,19). The van der Waals surface area contributed by atoms with Crippen molar-refractivity contribution in [3.05, 3.63) is 29.8 Å². The fourth-order valence-corrected chi connectivity index (χ4v) is 1.57. The number of benzene rings is 1. The molecule has 0 aliphatic rings. The Labute approximate surface area is 113 Å². The first-order valence-electron chi connectivity index (χ1n) is 6.39. The summed E-state index contributed by atoms with van der Waals surface area (Å²) in [5.41, 5.74) is 1.89. The van der Waals surface area contributed by atoms with Crippen molar-refractivity contribution in [3.8, 4) is 0 Å². The lowest BCUT2D eigenvalue weighted by Gasteiger charge is -2.10. The summed E-state index contributed by atoms with van der Waals surface area (Å²) in [6, 6.07) is 7.31. The van der Waals surface area contributed by atoms with Crippen LogP contribution in [-0.4, -0.2) is 23.7 Å². The molecule has 0 saturated carbocycles. The number of aryl methyl sites for hydroxylation is 1. The Bertz CT molecular complexity index is 446. The highest BCUT2D eigenvalue weighted by Gasteiger charge is 2.10. The summed E-state index contributed by atoms with van der Waals surface area (Å²) in [7, 11) is 0. The van der Waals surface area contributed by atoms with Crippen molar-refractivity contribution in [1.82, 2.24) is 5.32 Å². The Morgan fingerprint density at radius 1 is 1.37 bits per heavy atom. The van der Waals surface area contributed by atoms with Crippen molar-refractivity contribution in [1.29, 1.82) is 0 Å². The van der Waals surface area contributed by atoms with Gasteiger partial charge in [-0.05, 0) is 30.5 Å². The Morgan fingerprint density at radius 2 is 2.11 bits per heavy atom. The van der Waals surface area contributed by atoms with E-state index in [1.165, 1.54) is 0 Å². The number of carbonyl (C=O) groups is 2. The number of urea groups is 1. The van der Waals surface area contributed by atoms with E-state index in [-0.39, 0.29) is 6.03 Å². The van der Waals surface area contributed by atoms with Gasteiger partial charge in [0, 0.05) is 12.2 Å². The van der Waals surface area contributed by atoms with Crippen LogP contribution in [-0.2, 0) is 11.2 Å². The van der Waals surface area contributed by atoms with Crippen LogP contribution in [0.3, 0.4) is 0 Å². The van der Waals surface area contributed by atoms with Gasteiger partial charge in [-0.25, -0.2) is 4.79 Å². The summed E-state index contributed by atoms with van der Waals surface area (Å²) < 4.78 is 0. The lowest BCUT2D eigenvalue weighted by atomic mass is 10.1. The minimum atomic E-state index is -0.849. The van der Waals surface area contributed by atoms with Gasteiger partial charge in [0.25, 0.3) is 0 Å². The number of carboxylic acids is 1. The normalized spacial score (nSPS) is 11.7. The molecule has 0 spiro atoms. The van der Waals surface area contributed by atoms with Crippen molar-refractivity contribution in [3.63, 3.8) is 0 Å². The van der Waals surface area contributed by atoms with Crippen LogP contribution in [0, 0.1) is 5.92 Å². The fraction of sp³-hybridized carbons (Fsp3) is 0.429. The van der Waals surface area contributed by atoms with Gasteiger partial charge < -0.3 is 15.7 Å². The fourth-order valence-electron chi connectivity index (χ4n) is 1.57. The highest BCUT2D eigenvalue weighted by atomic mass is 16.4. The van der Waals surface area contributed by atoms with E-state index in [9.17, 15) is 9.59 Å². The van der Waals surface area contributed by atoms with Gasteiger partial charge in [-0.3, -0.25) is 4.79 Å². The summed E-state index contributed by atoms with van der Waals surface area (Å²) >= 11 is 0. The highest BCUT2D eigenvalue weighted by molar-refractivity contribution is 5.89. The summed E-state index contributed by atoms with van der Waals surface area (Å²) in [6.07, 6.45) is 1.32. The molecule has 0 bridgehead atoms. The van der Waals surface area contributed by atoms with Crippen molar-refractivity contribution in [2.24, 2.45) is 5.92 Å². The smallest absolute Gasteiger partial charge is 0.319 e. The zero-order valence-electron chi connectivity index (χ0n) is 11.3. The van der Waals surface area contributed by atoms with Gasteiger partial charge >= 0.3 is 12.0 Å². The van der Waals surface area contributed by atoms with Crippen molar-refractivity contribution >= 4 is 17.7 Å². The van der Waals surface area contributed by atoms with E-state index in [1.54, 1.807) is 6.92 Å². The Hall–Kier alpha value is -2.04. The topological polar surface area (TPSA) is 78.4 Å². The molecule has 0 aliphatic heterocycles. The number of nitrogens with one attached hydrogen (secondary N) is 2. The molecule has 5 heteroatoms. The van der Waals surface area contributed by atoms with Crippen LogP contribution >= 0.6 is 0 Å². The number of hydrogen-bond acceptors (Lipinski definition) is 2. The molecule has 0 heterocycles. The molecule has 3 N–H and O–H groups in total. The molecule has 1 rings (SSSR count). The first-order chi connectivity index (χ1) is 9.02. The maximum Gasteiger partial charge on any atom is 0.319 e. The molecule has 0 fully saturated rings. The zero-order chi connectivity index (χ0) is 14.3. The molecule has 0 aromatic heterocycles. The van der Waals surface area contributed by atoms with Gasteiger partial charge in [0.1, 0.15) is 0 Å². The number of rotatable bonds is 6. The second-order valence-electron chi connectivity index (χ2n) is 4.46. The largest absolute Gasteiger partial charge is 0.481 e. The monoisotopic (exact) mass is 264 g/mol. The molecule has 1 aromatic carbocycles. The molecular weight excluding hydrogens is 244 g/mol. The van der Waals surface area contributed by atoms with E-state index < -0.39 is 11.9 Å². The number of anilines is 1.